The van der Waals surface area contributed by atoms with Gasteiger partial charge in [0.2, 0.25) is 0 Å². The van der Waals surface area contributed by atoms with Crippen molar-refractivity contribution in [2.45, 2.75) is 57.5 Å². The monoisotopic (exact) mass is 196 g/mol. The summed E-state index contributed by atoms with van der Waals surface area (Å²) in [5.74, 6) is 0.936. The topological polar surface area (TPSA) is 29.3 Å². The lowest BCUT2D eigenvalue weighted by atomic mass is 9.87. The number of hydrogen-bond donors (Lipinski definition) is 1. The van der Waals surface area contributed by atoms with Gasteiger partial charge < -0.3 is 5.73 Å². The van der Waals surface area contributed by atoms with Crippen LogP contribution in [-0.2, 0) is 0 Å². The van der Waals surface area contributed by atoms with Gasteiger partial charge in [0.1, 0.15) is 0 Å². The van der Waals surface area contributed by atoms with Gasteiger partial charge in [-0.15, -0.1) is 0 Å². The molecule has 1 heterocycles. The Kier molecular flexibility index (Phi) is 3.45. The summed E-state index contributed by atoms with van der Waals surface area (Å²) < 4.78 is 0. The Morgan fingerprint density at radius 1 is 1.00 bits per heavy atom. The number of rotatable bonds is 1. The Balaban J connectivity index is 1.87. The van der Waals surface area contributed by atoms with Crippen molar-refractivity contribution in [3.8, 4) is 0 Å². The third-order valence-electron chi connectivity index (χ3n) is 4.07. The van der Waals surface area contributed by atoms with Gasteiger partial charge in [0.05, 0.1) is 0 Å². The molecular formula is C12H24N2. The molecule has 0 aromatic rings. The number of nitrogens with zero attached hydrogens (tertiary/aromatic N) is 1. The van der Waals surface area contributed by atoms with Crippen molar-refractivity contribution in [3.05, 3.63) is 0 Å². The van der Waals surface area contributed by atoms with E-state index in [1.807, 2.05) is 0 Å². The van der Waals surface area contributed by atoms with Gasteiger partial charge in [0.25, 0.3) is 0 Å². The molecule has 1 aliphatic heterocycles. The van der Waals surface area contributed by atoms with Crippen LogP contribution in [0.15, 0.2) is 0 Å². The Morgan fingerprint density at radius 2 is 1.64 bits per heavy atom. The van der Waals surface area contributed by atoms with E-state index in [9.17, 15) is 0 Å². The van der Waals surface area contributed by atoms with Crippen molar-refractivity contribution in [1.82, 2.24) is 4.90 Å². The van der Waals surface area contributed by atoms with Gasteiger partial charge in [0.15, 0.2) is 0 Å². The standard InChI is InChI=1S/C12H24N2/c1-10-6-8-14(9-7-10)12-5-3-2-4-11(12)13/h10-12H,2-9,13H2,1H3. The molecule has 2 unspecified atom stereocenters. The molecule has 0 radical (unpaired) electrons. The van der Waals surface area contributed by atoms with Gasteiger partial charge in [-0.1, -0.05) is 19.8 Å². The molecule has 0 bridgehead atoms. The molecule has 2 fully saturated rings. The van der Waals surface area contributed by atoms with E-state index in [4.69, 9.17) is 5.73 Å². The molecule has 2 nitrogen and oxygen atoms in total. The fourth-order valence-electron chi connectivity index (χ4n) is 2.95. The third kappa shape index (κ3) is 2.29. The van der Waals surface area contributed by atoms with Gasteiger partial charge in [-0.05, 0) is 44.7 Å². The fourth-order valence-corrected chi connectivity index (χ4v) is 2.95. The molecule has 2 aliphatic rings. The highest BCUT2D eigenvalue weighted by Crippen LogP contribution is 2.26. The fraction of sp³-hybridized carbons (Fsp3) is 1.00. The molecule has 2 rings (SSSR count). The number of hydrogen-bond acceptors (Lipinski definition) is 2. The minimum absolute atomic E-state index is 0.456. The van der Waals surface area contributed by atoms with Crippen molar-refractivity contribution in [1.29, 1.82) is 0 Å². The summed E-state index contributed by atoms with van der Waals surface area (Å²) in [6.07, 6.45) is 8.09. The first kappa shape index (κ1) is 10.4. The van der Waals surface area contributed by atoms with Crippen LogP contribution in [0.2, 0.25) is 0 Å². The van der Waals surface area contributed by atoms with E-state index in [0.29, 0.717) is 12.1 Å². The maximum atomic E-state index is 6.20. The zero-order chi connectivity index (χ0) is 9.97. The average Bonchev–Trinajstić information content (AvgIpc) is 2.20. The smallest absolute Gasteiger partial charge is 0.0247 e. The molecule has 14 heavy (non-hydrogen) atoms. The van der Waals surface area contributed by atoms with Crippen molar-refractivity contribution in [2.24, 2.45) is 11.7 Å². The summed E-state index contributed by atoms with van der Waals surface area (Å²) in [5, 5.41) is 0. The molecular weight excluding hydrogens is 172 g/mol. The van der Waals surface area contributed by atoms with Crippen LogP contribution in [0.5, 0.6) is 0 Å². The summed E-state index contributed by atoms with van der Waals surface area (Å²) in [6, 6.07) is 1.16. The summed E-state index contributed by atoms with van der Waals surface area (Å²) >= 11 is 0. The van der Waals surface area contributed by atoms with Crippen LogP contribution in [0, 0.1) is 5.92 Å². The molecule has 2 N–H and O–H groups in total. The summed E-state index contributed by atoms with van der Waals surface area (Å²) in [7, 11) is 0. The zero-order valence-electron chi connectivity index (χ0n) is 9.41. The summed E-state index contributed by atoms with van der Waals surface area (Å²) in [5.41, 5.74) is 6.20. The SMILES string of the molecule is CC1CCN(C2CCCCC2N)CC1. The number of nitrogens with two attached hydrogens (primary N) is 1. The minimum Gasteiger partial charge on any atom is -0.326 e. The van der Waals surface area contributed by atoms with Gasteiger partial charge in [0, 0.05) is 12.1 Å². The van der Waals surface area contributed by atoms with Crippen molar-refractivity contribution in [3.63, 3.8) is 0 Å². The Labute approximate surface area is 87.8 Å². The molecule has 2 heteroatoms. The van der Waals surface area contributed by atoms with E-state index in [0.717, 1.165) is 5.92 Å². The van der Waals surface area contributed by atoms with Crippen molar-refractivity contribution in [2.75, 3.05) is 13.1 Å². The van der Waals surface area contributed by atoms with Crippen LogP contribution in [0.1, 0.15) is 45.4 Å². The van der Waals surface area contributed by atoms with Gasteiger partial charge >= 0.3 is 0 Å². The van der Waals surface area contributed by atoms with Crippen LogP contribution >= 0.6 is 0 Å². The molecule has 0 aromatic heterocycles. The Bertz CT molecular complexity index is 173. The van der Waals surface area contributed by atoms with Crippen LogP contribution in [0.4, 0.5) is 0 Å². The van der Waals surface area contributed by atoms with E-state index in [1.165, 1.54) is 51.6 Å². The second-order valence-electron chi connectivity index (χ2n) is 5.23. The lowest BCUT2D eigenvalue weighted by molar-refractivity contribution is 0.0975. The quantitative estimate of drug-likeness (QED) is 0.695. The van der Waals surface area contributed by atoms with E-state index >= 15 is 0 Å². The van der Waals surface area contributed by atoms with E-state index in [1.54, 1.807) is 0 Å². The predicted octanol–water partition coefficient (Wildman–Crippen LogP) is 1.99. The molecule has 82 valence electrons. The van der Waals surface area contributed by atoms with Gasteiger partial charge in [-0.2, -0.15) is 0 Å². The molecule has 0 spiro atoms. The molecule has 0 aromatic carbocycles. The predicted molar refractivity (Wildman–Crippen MR) is 60.2 cm³/mol. The zero-order valence-corrected chi connectivity index (χ0v) is 9.41. The largest absolute Gasteiger partial charge is 0.326 e. The lowest BCUT2D eigenvalue weighted by Gasteiger charge is -2.41. The molecule has 0 amide bonds. The number of piperidine rings is 1. The van der Waals surface area contributed by atoms with E-state index < -0.39 is 0 Å². The van der Waals surface area contributed by atoms with E-state index in [2.05, 4.69) is 11.8 Å². The molecule has 1 saturated heterocycles. The minimum atomic E-state index is 0.456. The van der Waals surface area contributed by atoms with Gasteiger partial charge in [-0.25, -0.2) is 0 Å². The second-order valence-corrected chi connectivity index (χ2v) is 5.23. The maximum absolute atomic E-state index is 6.20. The molecule has 1 saturated carbocycles. The number of likely N-dealkylation sites (tertiary alicyclic amines) is 1. The summed E-state index contributed by atoms with van der Waals surface area (Å²) in [4.78, 5) is 2.66. The summed E-state index contributed by atoms with van der Waals surface area (Å²) in [6.45, 7) is 4.96. The van der Waals surface area contributed by atoms with Gasteiger partial charge in [-0.3, -0.25) is 4.90 Å². The Morgan fingerprint density at radius 3 is 2.29 bits per heavy atom. The Hall–Kier alpha value is -0.0800. The van der Waals surface area contributed by atoms with Crippen molar-refractivity contribution < 1.29 is 0 Å². The van der Waals surface area contributed by atoms with Crippen LogP contribution in [-0.4, -0.2) is 30.1 Å². The van der Waals surface area contributed by atoms with Crippen LogP contribution in [0.3, 0.4) is 0 Å². The first-order chi connectivity index (χ1) is 6.77. The molecule has 2 atom stereocenters. The highest BCUT2D eigenvalue weighted by Gasteiger charge is 2.29. The van der Waals surface area contributed by atoms with E-state index in [-0.39, 0.29) is 0 Å². The highest BCUT2D eigenvalue weighted by atomic mass is 15.2. The second kappa shape index (κ2) is 4.63. The third-order valence-corrected chi connectivity index (χ3v) is 4.07. The maximum Gasteiger partial charge on any atom is 0.0247 e. The highest BCUT2D eigenvalue weighted by molar-refractivity contribution is 4.87. The first-order valence-corrected chi connectivity index (χ1v) is 6.27. The van der Waals surface area contributed by atoms with Crippen LogP contribution in [0.25, 0.3) is 0 Å². The molecule has 1 aliphatic carbocycles. The first-order valence-electron chi connectivity index (χ1n) is 6.27. The van der Waals surface area contributed by atoms with Crippen molar-refractivity contribution >= 4 is 0 Å². The van der Waals surface area contributed by atoms with Crippen LogP contribution < -0.4 is 5.73 Å². The normalized spacial score (nSPS) is 37.3. The lowest BCUT2D eigenvalue weighted by Crippen LogP contribution is -2.51. The average molecular weight is 196 g/mol.